The summed E-state index contributed by atoms with van der Waals surface area (Å²) < 4.78 is 0. The van der Waals surface area contributed by atoms with E-state index in [2.05, 4.69) is 15.6 Å². The van der Waals surface area contributed by atoms with Gasteiger partial charge in [0, 0.05) is 28.3 Å². The third kappa shape index (κ3) is 4.59. The van der Waals surface area contributed by atoms with Crippen molar-refractivity contribution in [3.05, 3.63) is 75.0 Å². The van der Waals surface area contributed by atoms with E-state index in [1.807, 2.05) is 43.3 Å². The third-order valence-corrected chi connectivity index (χ3v) is 4.32. The fourth-order valence-electron chi connectivity index (χ4n) is 2.60. The molecule has 25 heavy (non-hydrogen) atoms. The number of pyridine rings is 1. The van der Waals surface area contributed by atoms with E-state index >= 15 is 0 Å². The standard InChI is InChI=1S/C19H18ClN3OS/c1-12-5-6-13-10-14(18(24)23-17(13)9-12)7-8-21-19(25)22-16-4-2-3-15(20)11-16/h2-6,9-11H,7-8H2,1H3,(H,23,24)(H2,21,22,25). The number of aromatic amines is 1. The van der Waals surface area contributed by atoms with E-state index in [1.54, 1.807) is 12.1 Å². The van der Waals surface area contributed by atoms with E-state index in [4.69, 9.17) is 23.8 Å². The maximum atomic E-state index is 12.2. The Bertz CT molecular complexity index is 984. The molecule has 0 aliphatic rings. The van der Waals surface area contributed by atoms with Gasteiger partial charge in [-0.05, 0) is 66.8 Å². The fourth-order valence-corrected chi connectivity index (χ4v) is 3.01. The summed E-state index contributed by atoms with van der Waals surface area (Å²) in [5.74, 6) is 0. The largest absolute Gasteiger partial charge is 0.362 e. The lowest BCUT2D eigenvalue weighted by atomic mass is 10.1. The number of nitrogens with one attached hydrogen (secondary N) is 3. The maximum absolute atomic E-state index is 12.2. The molecule has 2 aromatic carbocycles. The van der Waals surface area contributed by atoms with Crippen LogP contribution in [-0.2, 0) is 6.42 Å². The molecule has 4 nitrogen and oxygen atoms in total. The summed E-state index contributed by atoms with van der Waals surface area (Å²) in [7, 11) is 0. The number of hydrogen-bond donors (Lipinski definition) is 3. The van der Waals surface area contributed by atoms with Gasteiger partial charge in [0.1, 0.15) is 0 Å². The summed E-state index contributed by atoms with van der Waals surface area (Å²) >= 11 is 11.2. The molecule has 1 aromatic heterocycles. The zero-order chi connectivity index (χ0) is 17.8. The predicted octanol–water partition coefficient (Wildman–Crippen LogP) is 4.02. The van der Waals surface area contributed by atoms with E-state index in [0.29, 0.717) is 23.1 Å². The smallest absolute Gasteiger partial charge is 0.251 e. The minimum atomic E-state index is -0.0615. The van der Waals surface area contributed by atoms with Crippen molar-refractivity contribution in [1.29, 1.82) is 0 Å². The number of anilines is 1. The molecule has 0 bridgehead atoms. The number of benzene rings is 2. The predicted molar refractivity (Wildman–Crippen MR) is 109 cm³/mol. The monoisotopic (exact) mass is 371 g/mol. The van der Waals surface area contributed by atoms with Crippen LogP contribution in [0.1, 0.15) is 11.1 Å². The average Bonchev–Trinajstić information content (AvgIpc) is 2.55. The SMILES string of the molecule is Cc1ccc2cc(CCNC(=S)Nc3cccc(Cl)c3)c(=O)[nH]c2c1. The highest BCUT2D eigenvalue weighted by molar-refractivity contribution is 7.80. The highest BCUT2D eigenvalue weighted by atomic mass is 35.5. The first-order chi connectivity index (χ1) is 12.0. The highest BCUT2D eigenvalue weighted by Crippen LogP contribution is 2.15. The molecule has 6 heteroatoms. The molecule has 0 fully saturated rings. The molecule has 3 N–H and O–H groups in total. The van der Waals surface area contributed by atoms with Crippen molar-refractivity contribution >= 4 is 45.5 Å². The van der Waals surface area contributed by atoms with E-state index in [-0.39, 0.29) is 5.56 Å². The lowest BCUT2D eigenvalue weighted by Gasteiger charge is -2.11. The van der Waals surface area contributed by atoms with Gasteiger partial charge in [-0.15, -0.1) is 0 Å². The van der Waals surface area contributed by atoms with E-state index in [0.717, 1.165) is 27.7 Å². The van der Waals surface area contributed by atoms with Crippen molar-refractivity contribution in [3.8, 4) is 0 Å². The first-order valence-electron chi connectivity index (χ1n) is 7.94. The number of hydrogen-bond acceptors (Lipinski definition) is 2. The van der Waals surface area contributed by atoms with Crippen molar-refractivity contribution in [2.24, 2.45) is 0 Å². The summed E-state index contributed by atoms with van der Waals surface area (Å²) in [4.78, 5) is 15.1. The first kappa shape index (κ1) is 17.5. The molecule has 0 unspecified atom stereocenters. The molecule has 0 radical (unpaired) electrons. The van der Waals surface area contributed by atoms with Gasteiger partial charge in [-0.1, -0.05) is 29.8 Å². The average molecular weight is 372 g/mol. The second-order valence-corrected chi connectivity index (χ2v) is 6.70. The summed E-state index contributed by atoms with van der Waals surface area (Å²) in [6.07, 6.45) is 0.580. The quantitative estimate of drug-likeness (QED) is 0.606. The number of halogens is 1. The van der Waals surface area contributed by atoms with Crippen LogP contribution in [0.4, 0.5) is 5.69 Å². The number of rotatable bonds is 4. The number of thiocarbonyl (C=S) groups is 1. The van der Waals surface area contributed by atoms with E-state index < -0.39 is 0 Å². The van der Waals surface area contributed by atoms with Crippen LogP contribution in [0.15, 0.2) is 53.3 Å². The van der Waals surface area contributed by atoms with Gasteiger partial charge in [-0.2, -0.15) is 0 Å². The molecule has 0 amide bonds. The molecule has 0 aliphatic carbocycles. The second kappa shape index (κ2) is 7.68. The Morgan fingerprint density at radius 3 is 2.84 bits per heavy atom. The zero-order valence-corrected chi connectivity index (χ0v) is 15.3. The van der Waals surface area contributed by atoms with Gasteiger partial charge in [0.2, 0.25) is 0 Å². The fraction of sp³-hybridized carbons (Fsp3) is 0.158. The van der Waals surface area contributed by atoms with Crippen molar-refractivity contribution < 1.29 is 0 Å². The zero-order valence-electron chi connectivity index (χ0n) is 13.7. The van der Waals surface area contributed by atoms with Crippen molar-refractivity contribution in [3.63, 3.8) is 0 Å². The van der Waals surface area contributed by atoms with Crippen LogP contribution >= 0.6 is 23.8 Å². The summed E-state index contributed by atoms with van der Waals surface area (Å²) in [5, 5.41) is 8.34. The van der Waals surface area contributed by atoms with Gasteiger partial charge in [0.25, 0.3) is 5.56 Å². The van der Waals surface area contributed by atoms with Crippen LogP contribution in [0, 0.1) is 6.92 Å². The third-order valence-electron chi connectivity index (χ3n) is 3.84. The van der Waals surface area contributed by atoms with Gasteiger partial charge >= 0.3 is 0 Å². The molecule has 0 saturated carbocycles. The van der Waals surface area contributed by atoms with Crippen LogP contribution in [0.2, 0.25) is 5.02 Å². The Balaban J connectivity index is 1.61. The number of fused-ring (bicyclic) bond motifs is 1. The molecule has 1 heterocycles. The molecule has 0 saturated heterocycles. The molecular weight excluding hydrogens is 354 g/mol. The summed E-state index contributed by atoms with van der Waals surface area (Å²) in [5.41, 5.74) is 3.47. The van der Waals surface area contributed by atoms with E-state index in [1.165, 1.54) is 0 Å². The molecule has 0 spiro atoms. The minimum Gasteiger partial charge on any atom is -0.362 e. The Kier molecular flexibility index (Phi) is 5.36. The van der Waals surface area contributed by atoms with E-state index in [9.17, 15) is 4.79 Å². The van der Waals surface area contributed by atoms with Crippen LogP contribution in [0.3, 0.4) is 0 Å². The number of aryl methyl sites for hydroxylation is 1. The Morgan fingerprint density at radius 2 is 2.04 bits per heavy atom. The summed E-state index contributed by atoms with van der Waals surface area (Å²) in [6, 6.07) is 15.3. The molecule has 0 aliphatic heterocycles. The van der Waals surface area contributed by atoms with Crippen molar-refractivity contribution in [2.75, 3.05) is 11.9 Å². The first-order valence-corrected chi connectivity index (χ1v) is 8.73. The van der Waals surface area contributed by atoms with Gasteiger partial charge in [-0.25, -0.2) is 0 Å². The van der Waals surface area contributed by atoms with Gasteiger partial charge in [0.15, 0.2) is 5.11 Å². The lowest BCUT2D eigenvalue weighted by molar-refractivity contribution is 0.863. The second-order valence-electron chi connectivity index (χ2n) is 5.86. The summed E-state index contributed by atoms with van der Waals surface area (Å²) in [6.45, 7) is 2.57. The van der Waals surface area contributed by atoms with Gasteiger partial charge < -0.3 is 15.6 Å². The van der Waals surface area contributed by atoms with Gasteiger partial charge in [0.05, 0.1) is 0 Å². The molecular formula is C19H18ClN3OS. The molecule has 128 valence electrons. The maximum Gasteiger partial charge on any atom is 0.251 e. The highest BCUT2D eigenvalue weighted by Gasteiger charge is 2.04. The Labute approximate surface area is 156 Å². The molecule has 3 aromatic rings. The Hall–Kier alpha value is -2.37. The lowest BCUT2D eigenvalue weighted by Crippen LogP contribution is -2.31. The Morgan fingerprint density at radius 1 is 1.20 bits per heavy atom. The number of aromatic nitrogens is 1. The molecule has 0 atom stereocenters. The normalized spacial score (nSPS) is 10.6. The van der Waals surface area contributed by atoms with Gasteiger partial charge in [-0.3, -0.25) is 4.79 Å². The van der Waals surface area contributed by atoms with Crippen LogP contribution in [0.25, 0.3) is 10.9 Å². The minimum absolute atomic E-state index is 0.0615. The molecule has 3 rings (SSSR count). The van der Waals surface area contributed by atoms with Crippen LogP contribution in [-0.4, -0.2) is 16.6 Å². The van der Waals surface area contributed by atoms with Crippen molar-refractivity contribution in [2.45, 2.75) is 13.3 Å². The van der Waals surface area contributed by atoms with Crippen LogP contribution < -0.4 is 16.2 Å². The topological polar surface area (TPSA) is 56.9 Å². The van der Waals surface area contributed by atoms with Crippen molar-refractivity contribution in [1.82, 2.24) is 10.3 Å². The number of H-pyrrole nitrogens is 1. The van der Waals surface area contributed by atoms with Crippen LogP contribution in [0.5, 0.6) is 0 Å².